The molecule has 10 heteroatoms. The number of nitrogens with zero attached hydrogens (tertiary/aromatic N) is 3. The molecule has 1 aliphatic heterocycles. The predicted molar refractivity (Wildman–Crippen MR) is 174 cm³/mol. The Labute approximate surface area is 266 Å². The summed E-state index contributed by atoms with van der Waals surface area (Å²) in [7, 11) is 0. The van der Waals surface area contributed by atoms with Crippen molar-refractivity contribution in [3.8, 4) is 0 Å². The Morgan fingerprint density at radius 2 is 1.84 bits per heavy atom. The van der Waals surface area contributed by atoms with Crippen molar-refractivity contribution in [1.29, 1.82) is 0 Å². The molecule has 3 aromatic heterocycles. The molecular formula is C35H37N5O4S. The van der Waals surface area contributed by atoms with Crippen molar-refractivity contribution in [2.24, 2.45) is 0 Å². The monoisotopic (exact) mass is 623 g/mol. The number of thiazole rings is 1. The lowest BCUT2D eigenvalue weighted by atomic mass is 10.0. The molecule has 0 spiro atoms. The Bertz CT molecular complexity index is 1750. The molecule has 3 N–H and O–H groups in total. The van der Waals surface area contributed by atoms with E-state index in [0.717, 1.165) is 45.8 Å². The van der Waals surface area contributed by atoms with Crippen LogP contribution in [0.4, 0.5) is 0 Å². The molecule has 6 rings (SSSR count). The third kappa shape index (κ3) is 7.30. The number of aryl methyl sites for hydroxylation is 2. The number of likely N-dealkylation sites (tertiary alicyclic amines) is 1. The quantitative estimate of drug-likeness (QED) is 0.181. The summed E-state index contributed by atoms with van der Waals surface area (Å²) in [5.74, 6) is 0.178. The molecule has 1 fully saturated rings. The number of para-hydroxylation sites is 1. The van der Waals surface area contributed by atoms with Gasteiger partial charge in [-0.3, -0.25) is 9.59 Å². The van der Waals surface area contributed by atoms with E-state index in [4.69, 9.17) is 4.42 Å². The van der Waals surface area contributed by atoms with Crippen LogP contribution in [0.3, 0.4) is 0 Å². The van der Waals surface area contributed by atoms with E-state index in [2.05, 4.69) is 20.6 Å². The molecule has 9 nitrogen and oxygen atoms in total. The maximum absolute atomic E-state index is 13.7. The van der Waals surface area contributed by atoms with Gasteiger partial charge in [-0.15, -0.1) is 11.3 Å². The lowest BCUT2D eigenvalue weighted by Gasteiger charge is -2.25. The Balaban J connectivity index is 1.16. The maximum Gasteiger partial charge on any atom is 0.270 e. The van der Waals surface area contributed by atoms with E-state index in [-0.39, 0.29) is 24.2 Å². The highest BCUT2D eigenvalue weighted by Crippen LogP contribution is 2.35. The van der Waals surface area contributed by atoms with E-state index in [1.54, 1.807) is 30.4 Å². The first-order chi connectivity index (χ1) is 21.8. The first-order valence-electron chi connectivity index (χ1n) is 15.3. The maximum atomic E-state index is 13.7. The minimum atomic E-state index is -0.906. The van der Waals surface area contributed by atoms with Crippen LogP contribution in [0.25, 0.3) is 11.0 Å². The van der Waals surface area contributed by atoms with E-state index in [1.807, 2.05) is 77.9 Å². The molecule has 1 saturated heterocycles. The molecule has 0 unspecified atom stereocenters. The number of aromatic nitrogens is 2. The molecule has 232 valence electrons. The van der Waals surface area contributed by atoms with E-state index >= 15 is 0 Å². The van der Waals surface area contributed by atoms with Crippen LogP contribution >= 0.6 is 11.3 Å². The number of aliphatic hydroxyl groups is 1. The van der Waals surface area contributed by atoms with E-state index in [1.165, 1.54) is 0 Å². The van der Waals surface area contributed by atoms with Gasteiger partial charge in [0.25, 0.3) is 11.8 Å². The first kappa shape index (κ1) is 30.6. The van der Waals surface area contributed by atoms with Crippen molar-refractivity contribution >= 4 is 34.1 Å². The number of benzene rings is 2. The molecular weight excluding hydrogens is 586 g/mol. The number of fused-ring (bicyclic) bond motifs is 1. The van der Waals surface area contributed by atoms with Gasteiger partial charge in [-0.2, -0.15) is 0 Å². The summed E-state index contributed by atoms with van der Waals surface area (Å²) in [5, 5.41) is 21.5. The molecule has 0 saturated carbocycles. The molecule has 2 aromatic carbocycles. The highest BCUT2D eigenvalue weighted by Gasteiger charge is 2.33. The third-order valence-electron chi connectivity index (χ3n) is 8.08. The van der Waals surface area contributed by atoms with Crippen LogP contribution in [-0.2, 0) is 13.0 Å². The van der Waals surface area contributed by atoms with Crippen LogP contribution in [0.1, 0.15) is 67.4 Å². The number of nitrogens with one attached hydrogen (secondary N) is 2. The SMILES string of the molecule is Cc1cc(C(=O)N2CCC[C@@H]2c2nc(C)cs2)cc(C(=O)N[C@@H](Cc2ccccc2)[C@H](O)CNCc2cc3ccccc3o2)n1. The summed E-state index contributed by atoms with van der Waals surface area (Å²) < 4.78 is 5.88. The van der Waals surface area contributed by atoms with Crippen LogP contribution in [0, 0.1) is 13.8 Å². The normalized spacial score (nSPS) is 16.2. The van der Waals surface area contributed by atoms with Gasteiger partial charge in [0, 0.05) is 40.8 Å². The highest BCUT2D eigenvalue weighted by atomic mass is 32.1. The fraction of sp³-hybridized carbons (Fsp3) is 0.314. The number of aliphatic hydroxyl groups excluding tert-OH is 1. The minimum Gasteiger partial charge on any atom is -0.460 e. The number of furan rings is 1. The summed E-state index contributed by atoms with van der Waals surface area (Å²) in [6.45, 7) is 5.03. The van der Waals surface area contributed by atoms with E-state index in [9.17, 15) is 14.7 Å². The highest BCUT2D eigenvalue weighted by molar-refractivity contribution is 7.09. The molecule has 0 aliphatic carbocycles. The largest absolute Gasteiger partial charge is 0.460 e. The molecule has 4 heterocycles. The predicted octanol–water partition coefficient (Wildman–Crippen LogP) is 5.37. The van der Waals surface area contributed by atoms with Gasteiger partial charge in [-0.25, -0.2) is 9.97 Å². The number of pyridine rings is 1. The number of amides is 2. The van der Waals surface area contributed by atoms with Crippen molar-refractivity contribution in [2.75, 3.05) is 13.1 Å². The van der Waals surface area contributed by atoms with Crippen molar-refractivity contribution in [3.63, 3.8) is 0 Å². The zero-order chi connectivity index (χ0) is 31.3. The average molecular weight is 624 g/mol. The molecule has 2 amide bonds. The van der Waals surface area contributed by atoms with Gasteiger partial charge < -0.3 is 25.1 Å². The summed E-state index contributed by atoms with van der Waals surface area (Å²) in [6, 6.07) is 22.1. The first-order valence-corrected chi connectivity index (χ1v) is 16.1. The van der Waals surface area contributed by atoms with Crippen LogP contribution in [0.5, 0.6) is 0 Å². The number of hydrogen-bond donors (Lipinski definition) is 3. The van der Waals surface area contributed by atoms with Crippen LogP contribution < -0.4 is 10.6 Å². The van der Waals surface area contributed by atoms with Crippen LogP contribution in [0.15, 0.2) is 82.6 Å². The molecule has 45 heavy (non-hydrogen) atoms. The minimum absolute atomic E-state index is 0.0700. The second kappa shape index (κ2) is 13.7. The summed E-state index contributed by atoms with van der Waals surface area (Å²) >= 11 is 1.57. The zero-order valence-corrected chi connectivity index (χ0v) is 26.2. The second-order valence-corrected chi connectivity index (χ2v) is 12.5. The van der Waals surface area contributed by atoms with Gasteiger partial charge in [0.1, 0.15) is 22.0 Å². The fourth-order valence-corrected chi connectivity index (χ4v) is 6.81. The molecule has 1 aliphatic rings. The van der Waals surface area contributed by atoms with Gasteiger partial charge in [0.2, 0.25) is 0 Å². The van der Waals surface area contributed by atoms with E-state index < -0.39 is 18.1 Å². The van der Waals surface area contributed by atoms with Crippen molar-refractivity contribution in [3.05, 3.63) is 117 Å². The van der Waals surface area contributed by atoms with Crippen LogP contribution in [-0.4, -0.2) is 57.0 Å². The van der Waals surface area contributed by atoms with Gasteiger partial charge in [0.15, 0.2) is 0 Å². The second-order valence-electron chi connectivity index (χ2n) is 11.6. The third-order valence-corrected chi connectivity index (χ3v) is 9.14. The number of carbonyl (C=O) groups is 2. The Kier molecular flexibility index (Phi) is 9.34. The summed E-state index contributed by atoms with van der Waals surface area (Å²) in [5.41, 5.74) is 3.86. The molecule has 0 radical (unpaired) electrons. The standard InChI is InChI=1S/C35H37N5O4S/c1-22-15-26(35(43)40-14-8-12-30(40)34-38-23(2)21-45-34)18-29(37-22)33(42)39-28(16-24-9-4-3-5-10-24)31(41)20-36-19-27-17-25-11-6-7-13-32(25)44-27/h3-7,9-11,13,15,17-18,21,28,30-31,36,41H,8,12,14,16,19-20H2,1-2H3,(H,39,42)/t28-,30+,31+/m0/s1. The van der Waals surface area contributed by atoms with Crippen molar-refractivity contribution < 1.29 is 19.1 Å². The molecule has 3 atom stereocenters. The Hall–Kier alpha value is -4.38. The van der Waals surface area contributed by atoms with Crippen LogP contribution in [0.2, 0.25) is 0 Å². The summed E-state index contributed by atoms with van der Waals surface area (Å²) in [6.07, 6.45) is 1.27. The van der Waals surface area contributed by atoms with Gasteiger partial charge >= 0.3 is 0 Å². The van der Waals surface area contributed by atoms with E-state index in [0.29, 0.717) is 30.8 Å². The van der Waals surface area contributed by atoms with Crippen molar-refractivity contribution in [2.45, 2.75) is 57.8 Å². The van der Waals surface area contributed by atoms with Gasteiger partial charge in [-0.05, 0) is 62.9 Å². The topological polar surface area (TPSA) is 121 Å². The lowest BCUT2D eigenvalue weighted by Crippen LogP contribution is -2.48. The molecule has 0 bridgehead atoms. The average Bonchev–Trinajstić information content (AvgIpc) is 3.80. The number of rotatable bonds is 11. The fourth-order valence-electron chi connectivity index (χ4n) is 5.87. The number of carbonyl (C=O) groups excluding carboxylic acids is 2. The Morgan fingerprint density at radius 3 is 2.62 bits per heavy atom. The molecule has 5 aromatic rings. The smallest absolute Gasteiger partial charge is 0.270 e. The number of hydrogen-bond acceptors (Lipinski definition) is 8. The Morgan fingerprint density at radius 1 is 1.04 bits per heavy atom. The zero-order valence-electron chi connectivity index (χ0n) is 25.4. The van der Waals surface area contributed by atoms with Gasteiger partial charge in [0.05, 0.1) is 24.7 Å². The lowest BCUT2D eigenvalue weighted by molar-refractivity contribution is 0.0735. The van der Waals surface area contributed by atoms with Crippen molar-refractivity contribution in [1.82, 2.24) is 25.5 Å². The summed E-state index contributed by atoms with van der Waals surface area (Å²) in [4.78, 5) is 38.3. The van der Waals surface area contributed by atoms with Gasteiger partial charge in [-0.1, -0.05) is 48.5 Å².